The second-order valence-electron chi connectivity index (χ2n) is 8.55. The van der Waals surface area contributed by atoms with E-state index in [1.807, 2.05) is 48.2 Å². The van der Waals surface area contributed by atoms with Crippen LogP contribution in [0.1, 0.15) is 41.3 Å². The van der Waals surface area contributed by atoms with Gasteiger partial charge in [0, 0.05) is 43.6 Å². The molecule has 0 aliphatic carbocycles. The van der Waals surface area contributed by atoms with Gasteiger partial charge >= 0.3 is 0 Å². The van der Waals surface area contributed by atoms with Crippen molar-refractivity contribution in [3.63, 3.8) is 0 Å². The first kappa shape index (κ1) is 25.1. The van der Waals surface area contributed by atoms with E-state index in [0.717, 1.165) is 11.1 Å². The number of carbonyl (C=O) groups excluding carboxylic acids is 3. The second kappa shape index (κ2) is 11.5. The normalized spacial score (nSPS) is 14.8. The number of ether oxygens (including phenoxy) is 2. The van der Waals surface area contributed by atoms with Gasteiger partial charge in [-0.3, -0.25) is 14.4 Å². The molecule has 34 heavy (non-hydrogen) atoms. The highest BCUT2D eigenvalue weighted by Gasteiger charge is 2.28. The number of nitrogens with one attached hydrogen (secondary N) is 2. The van der Waals surface area contributed by atoms with Crippen molar-refractivity contribution in [3.8, 4) is 11.5 Å². The third-order valence-corrected chi connectivity index (χ3v) is 6.00. The molecule has 182 valence electrons. The smallest absolute Gasteiger partial charge is 0.253 e. The Balaban J connectivity index is 1.62. The average Bonchev–Trinajstić information content (AvgIpc) is 2.83. The number of hydrogen-bond acceptors (Lipinski definition) is 5. The minimum absolute atomic E-state index is 0.00900. The number of rotatable bonds is 8. The lowest BCUT2D eigenvalue weighted by Gasteiger charge is -2.33. The minimum Gasteiger partial charge on any atom is -0.493 e. The number of piperidine rings is 1. The van der Waals surface area contributed by atoms with Crippen LogP contribution in [-0.2, 0) is 16.0 Å². The number of amides is 3. The molecule has 2 aromatic carbocycles. The summed E-state index contributed by atoms with van der Waals surface area (Å²) in [5.41, 5.74) is 2.49. The quantitative estimate of drug-likeness (QED) is 0.622. The van der Waals surface area contributed by atoms with Crippen LogP contribution in [0, 0.1) is 6.92 Å². The van der Waals surface area contributed by atoms with Gasteiger partial charge in [0.05, 0.1) is 14.2 Å². The molecule has 0 bridgehead atoms. The maximum Gasteiger partial charge on any atom is 0.253 e. The van der Waals surface area contributed by atoms with Crippen molar-refractivity contribution >= 4 is 17.7 Å². The summed E-state index contributed by atoms with van der Waals surface area (Å²) < 4.78 is 10.8. The fraction of sp³-hybridized carbons (Fsp3) is 0.423. The van der Waals surface area contributed by atoms with Gasteiger partial charge in [0.15, 0.2) is 11.5 Å². The lowest BCUT2D eigenvalue weighted by atomic mass is 10.0. The van der Waals surface area contributed by atoms with E-state index in [9.17, 15) is 14.4 Å². The summed E-state index contributed by atoms with van der Waals surface area (Å²) in [4.78, 5) is 39.5. The summed E-state index contributed by atoms with van der Waals surface area (Å²) in [5, 5.41) is 5.80. The number of para-hydroxylation sites is 1. The fourth-order valence-electron chi connectivity index (χ4n) is 4.28. The first-order valence-electron chi connectivity index (χ1n) is 11.5. The molecule has 1 fully saturated rings. The van der Waals surface area contributed by atoms with Gasteiger partial charge in [-0.2, -0.15) is 0 Å². The molecule has 0 unspecified atom stereocenters. The summed E-state index contributed by atoms with van der Waals surface area (Å²) in [6.45, 7) is 4.47. The van der Waals surface area contributed by atoms with Gasteiger partial charge in [0.2, 0.25) is 11.8 Å². The largest absolute Gasteiger partial charge is 0.493 e. The molecule has 1 aliphatic heterocycles. The Morgan fingerprint density at radius 3 is 2.38 bits per heavy atom. The molecule has 1 saturated heterocycles. The number of carbonyl (C=O) groups is 3. The van der Waals surface area contributed by atoms with Crippen LogP contribution in [0.3, 0.4) is 0 Å². The molecule has 0 radical (unpaired) electrons. The third-order valence-electron chi connectivity index (χ3n) is 6.00. The van der Waals surface area contributed by atoms with Crippen molar-refractivity contribution in [2.24, 2.45) is 0 Å². The molecule has 2 aromatic rings. The van der Waals surface area contributed by atoms with Crippen LogP contribution in [0.25, 0.3) is 0 Å². The van der Waals surface area contributed by atoms with Gasteiger partial charge in [-0.25, -0.2) is 0 Å². The third kappa shape index (κ3) is 6.27. The van der Waals surface area contributed by atoms with Crippen molar-refractivity contribution in [1.82, 2.24) is 15.5 Å². The molecule has 0 aromatic heterocycles. The molecular weight excluding hydrogens is 434 g/mol. The highest BCUT2D eigenvalue weighted by atomic mass is 16.5. The Labute approximate surface area is 200 Å². The highest BCUT2D eigenvalue weighted by Crippen LogP contribution is 2.31. The van der Waals surface area contributed by atoms with Crippen LogP contribution in [0.15, 0.2) is 42.5 Å². The number of hydrogen-bond donors (Lipinski definition) is 2. The van der Waals surface area contributed by atoms with Crippen LogP contribution in [0.5, 0.6) is 11.5 Å². The fourth-order valence-corrected chi connectivity index (χ4v) is 4.28. The Morgan fingerprint density at radius 2 is 1.76 bits per heavy atom. The van der Waals surface area contributed by atoms with Crippen molar-refractivity contribution < 1.29 is 23.9 Å². The zero-order chi connectivity index (χ0) is 24.7. The van der Waals surface area contributed by atoms with Gasteiger partial charge in [0.1, 0.15) is 6.04 Å². The van der Waals surface area contributed by atoms with Gasteiger partial charge in [-0.1, -0.05) is 29.8 Å². The zero-order valence-electron chi connectivity index (χ0n) is 20.2. The number of aryl methyl sites for hydroxylation is 1. The molecular formula is C26H33N3O5. The number of nitrogens with zero attached hydrogens (tertiary/aromatic N) is 1. The summed E-state index contributed by atoms with van der Waals surface area (Å²) in [7, 11) is 3.09. The topological polar surface area (TPSA) is 97.0 Å². The monoisotopic (exact) mass is 467 g/mol. The Hall–Kier alpha value is -3.55. The molecule has 8 nitrogen and oxygen atoms in total. The van der Waals surface area contributed by atoms with Gasteiger partial charge in [0.25, 0.3) is 5.91 Å². The Morgan fingerprint density at radius 1 is 1.06 bits per heavy atom. The molecule has 2 N–H and O–H groups in total. The van der Waals surface area contributed by atoms with E-state index in [0.29, 0.717) is 43.0 Å². The number of likely N-dealkylation sites (tertiary alicyclic amines) is 1. The van der Waals surface area contributed by atoms with E-state index < -0.39 is 6.04 Å². The van der Waals surface area contributed by atoms with Crippen molar-refractivity contribution in [2.45, 2.75) is 45.2 Å². The van der Waals surface area contributed by atoms with Crippen LogP contribution < -0.4 is 20.1 Å². The summed E-state index contributed by atoms with van der Waals surface area (Å²) >= 11 is 0. The second-order valence-corrected chi connectivity index (χ2v) is 8.55. The van der Waals surface area contributed by atoms with E-state index in [-0.39, 0.29) is 30.2 Å². The molecule has 0 spiro atoms. The van der Waals surface area contributed by atoms with Crippen LogP contribution >= 0.6 is 0 Å². The Bertz CT molecular complexity index is 1030. The maximum atomic E-state index is 13.1. The molecule has 8 heteroatoms. The molecule has 3 amide bonds. The molecule has 3 rings (SSSR count). The van der Waals surface area contributed by atoms with Crippen molar-refractivity contribution in [1.29, 1.82) is 0 Å². The minimum atomic E-state index is -0.759. The number of benzene rings is 2. The maximum absolute atomic E-state index is 13.1. The van der Waals surface area contributed by atoms with E-state index in [4.69, 9.17) is 9.47 Å². The SMILES string of the molecule is COc1cccc(C[C@H](NC(C)=O)C(=O)NC2CCN(C(=O)c3cccc(C)c3)CC2)c1OC. The molecule has 1 atom stereocenters. The van der Waals surface area contributed by atoms with Gasteiger partial charge in [-0.05, 0) is 38.0 Å². The van der Waals surface area contributed by atoms with E-state index in [2.05, 4.69) is 10.6 Å². The molecule has 1 heterocycles. The lowest BCUT2D eigenvalue weighted by Crippen LogP contribution is -2.53. The van der Waals surface area contributed by atoms with Crippen molar-refractivity contribution in [3.05, 3.63) is 59.2 Å². The van der Waals surface area contributed by atoms with Gasteiger partial charge < -0.3 is 25.0 Å². The van der Waals surface area contributed by atoms with Crippen molar-refractivity contribution in [2.75, 3.05) is 27.3 Å². The lowest BCUT2D eigenvalue weighted by molar-refractivity contribution is -0.128. The number of methoxy groups -OCH3 is 2. The highest BCUT2D eigenvalue weighted by molar-refractivity contribution is 5.94. The molecule has 0 saturated carbocycles. The summed E-state index contributed by atoms with van der Waals surface area (Å²) in [5.74, 6) is 0.558. The van der Waals surface area contributed by atoms with E-state index in [1.54, 1.807) is 20.3 Å². The van der Waals surface area contributed by atoms with Crippen LogP contribution in [0.2, 0.25) is 0 Å². The molecule has 1 aliphatic rings. The van der Waals surface area contributed by atoms with Crippen LogP contribution in [0.4, 0.5) is 0 Å². The van der Waals surface area contributed by atoms with E-state index >= 15 is 0 Å². The standard InChI is InChI=1S/C26H33N3O5/c1-17-7-5-9-20(15-17)26(32)29-13-11-21(12-14-29)28-25(31)22(27-18(2)30)16-19-8-6-10-23(33-3)24(19)34-4/h5-10,15,21-22H,11-14,16H2,1-4H3,(H,27,30)(H,28,31)/t22-/m0/s1. The zero-order valence-corrected chi connectivity index (χ0v) is 20.2. The average molecular weight is 468 g/mol. The van der Waals surface area contributed by atoms with E-state index in [1.165, 1.54) is 6.92 Å². The van der Waals surface area contributed by atoms with Gasteiger partial charge in [-0.15, -0.1) is 0 Å². The first-order valence-corrected chi connectivity index (χ1v) is 11.5. The Kier molecular flexibility index (Phi) is 8.51. The first-order chi connectivity index (χ1) is 16.3. The summed E-state index contributed by atoms with van der Waals surface area (Å²) in [6.07, 6.45) is 1.56. The predicted molar refractivity (Wildman–Crippen MR) is 129 cm³/mol. The van der Waals surface area contributed by atoms with Crippen LogP contribution in [-0.4, -0.2) is 62.0 Å². The summed E-state index contributed by atoms with van der Waals surface area (Å²) in [6, 6.07) is 12.2. The predicted octanol–water partition coefficient (Wildman–Crippen LogP) is 2.48.